The van der Waals surface area contributed by atoms with E-state index in [1.54, 1.807) is 24.3 Å². The number of carbonyl (C=O) groups is 1. The van der Waals surface area contributed by atoms with Crippen LogP contribution in [0, 0.1) is 11.7 Å². The first-order valence-corrected chi connectivity index (χ1v) is 9.43. The number of aromatic nitrogens is 2. The van der Waals surface area contributed by atoms with Gasteiger partial charge >= 0.3 is 0 Å². The molecule has 2 aliphatic rings. The zero-order valence-electron chi connectivity index (χ0n) is 15.7. The van der Waals surface area contributed by atoms with E-state index in [1.807, 2.05) is 11.9 Å². The Kier molecular flexibility index (Phi) is 5.10. The van der Waals surface area contributed by atoms with E-state index in [4.69, 9.17) is 5.73 Å². The maximum atomic E-state index is 14.5. The van der Waals surface area contributed by atoms with Crippen molar-refractivity contribution in [2.24, 2.45) is 11.7 Å². The third-order valence-electron chi connectivity index (χ3n) is 5.61. The summed E-state index contributed by atoms with van der Waals surface area (Å²) in [7, 11) is 1.88. The minimum atomic E-state index is -0.519. The minimum Gasteiger partial charge on any atom is -0.366 e. The first kappa shape index (κ1) is 18.6. The summed E-state index contributed by atoms with van der Waals surface area (Å²) in [6, 6.07) is 7.31. The number of halogens is 1. The van der Waals surface area contributed by atoms with Crippen LogP contribution in [0.5, 0.6) is 0 Å². The van der Waals surface area contributed by atoms with Gasteiger partial charge in [-0.1, -0.05) is 6.07 Å². The Morgan fingerprint density at radius 1 is 1.39 bits per heavy atom. The molecular formula is C19H24FN7O. The molecule has 1 aromatic carbocycles. The average Bonchev–Trinajstić information content (AvgIpc) is 3.18. The van der Waals surface area contributed by atoms with Crippen LogP contribution in [0.15, 0.2) is 30.5 Å². The van der Waals surface area contributed by atoms with Crippen LogP contribution in [-0.4, -0.2) is 41.6 Å². The number of fused-ring (bicyclic) bond motifs is 1. The average molecular weight is 385 g/mol. The first-order valence-electron chi connectivity index (χ1n) is 9.43. The second-order valence-corrected chi connectivity index (χ2v) is 7.34. The minimum absolute atomic E-state index is 0.191. The molecule has 1 aromatic heterocycles. The van der Waals surface area contributed by atoms with Crippen LogP contribution in [0.3, 0.4) is 0 Å². The van der Waals surface area contributed by atoms with E-state index in [2.05, 4.69) is 26.1 Å². The number of primary amides is 1. The largest absolute Gasteiger partial charge is 0.366 e. The van der Waals surface area contributed by atoms with Crippen LogP contribution in [0.1, 0.15) is 29.6 Å². The summed E-state index contributed by atoms with van der Waals surface area (Å²) in [5.41, 5.74) is 12.8. The number of nitrogens with one attached hydrogen (secondary N) is 3. The topological polar surface area (TPSA) is 108 Å². The predicted octanol–water partition coefficient (Wildman–Crippen LogP) is 1.54. The zero-order valence-corrected chi connectivity index (χ0v) is 15.7. The van der Waals surface area contributed by atoms with E-state index < -0.39 is 11.7 Å². The van der Waals surface area contributed by atoms with Crippen LogP contribution in [0.4, 0.5) is 21.8 Å². The number of nitrogens with two attached hydrogens (primary N) is 1. The smallest absolute Gasteiger partial charge is 0.248 e. The Morgan fingerprint density at radius 2 is 2.25 bits per heavy atom. The fraction of sp³-hybridized carbons (Fsp3) is 0.421. The molecule has 1 aliphatic heterocycles. The van der Waals surface area contributed by atoms with E-state index in [9.17, 15) is 9.18 Å². The van der Waals surface area contributed by atoms with Crippen LogP contribution < -0.4 is 26.8 Å². The van der Waals surface area contributed by atoms with Crippen LogP contribution in [0.2, 0.25) is 0 Å². The van der Waals surface area contributed by atoms with Gasteiger partial charge in [0.1, 0.15) is 0 Å². The Bertz CT molecular complexity index is 877. The highest BCUT2D eigenvalue weighted by Crippen LogP contribution is 2.33. The SMILES string of the molecule is CN(c1nc(Nc2cccc(C(N)=O)c2)ncc1F)C1CCCC2NNCC21. The Morgan fingerprint density at radius 3 is 3.07 bits per heavy atom. The van der Waals surface area contributed by atoms with Gasteiger partial charge in [-0.3, -0.25) is 15.6 Å². The standard InChI is InChI=1S/C19H24FN7O/c1-27(16-7-3-6-15-13(16)9-23-26-15)18-14(20)10-22-19(25-18)24-12-5-2-4-11(8-12)17(21)28/h2,4-5,8,10,13,15-16,23,26H,3,6-7,9H2,1H3,(H2,21,28)(H,22,24,25). The fourth-order valence-electron chi connectivity index (χ4n) is 4.19. The maximum absolute atomic E-state index is 14.5. The van der Waals surface area contributed by atoms with E-state index in [0.29, 0.717) is 23.2 Å². The molecule has 1 saturated carbocycles. The van der Waals surface area contributed by atoms with Crippen molar-refractivity contribution in [1.29, 1.82) is 0 Å². The molecule has 28 heavy (non-hydrogen) atoms. The highest BCUT2D eigenvalue weighted by molar-refractivity contribution is 5.93. The van der Waals surface area contributed by atoms with Gasteiger partial charge in [-0.15, -0.1) is 0 Å². The third kappa shape index (κ3) is 3.63. The molecule has 8 nitrogen and oxygen atoms in total. The number of hydrogen-bond donors (Lipinski definition) is 4. The quantitative estimate of drug-likeness (QED) is 0.618. The van der Waals surface area contributed by atoms with Crippen molar-refractivity contribution < 1.29 is 9.18 Å². The molecule has 1 aliphatic carbocycles. The molecule has 3 unspecified atom stereocenters. The Labute approximate surface area is 162 Å². The van der Waals surface area contributed by atoms with Crippen molar-refractivity contribution in [1.82, 2.24) is 20.8 Å². The molecule has 9 heteroatoms. The monoisotopic (exact) mass is 385 g/mol. The lowest BCUT2D eigenvalue weighted by atomic mass is 9.81. The molecule has 0 bridgehead atoms. The van der Waals surface area contributed by atoms with Crippen LogP contribution >= 0.6 is 0 Å². The lowest BCUT2D eigenvalue weighted by Gasteiger charge is -2.39. The number of hydrogen-bond acceptors (Lipinski definition) is 7. The van der Waals surface area contributed by atoms with Gasteiger partial charge in [0.25, 0.3) is 0 Å². The molecule has 0 spiro atoms. The molecule has 148 valence electrons. The second kappa shape index (κ2) is 7.69. The van der Waals surface area contributed by atoms with Crippen molar-refractivity contribution in [2.45, 2.75) is 31.3 Å². The molecule has 1 saturated heterocycles. The van der Waals surface area contributed by atoms with Crippen LogP contribution in [0.25, 0.3) is 0 Å². The zero-order chi connectivity index (χ0) is 19.7. The number of amides is 1. The fourth-order valence-corrected chi connectivity index (χ4v) is 4.19. The van der Waals surface area contributed by atoms with Gasteiger partial charge in [-0.05, 0) is 37.5 Å². The molecule has 2 aromatic rings. The summed E-state index contributed by atoms with van der Waals surface area (Å²) in [6.07, 6.45) is 4.37. The Hall–Kier alpha value is -2.78. The molecule has 5 N–H and O–H groups in total. The number of rotatable bonds is 5. The summed E-state index contributed by atoms with van der Waals surface area (Å²) >= 11 is 0. The molecule has 0 radical (unpaired) electrons. The summed E-state index contributed by atoms with van der Waals surface area (Å²) in [4.78, 5) is 21.7. The molecule has 2 fully saturated rings. The molecular weight excluding hydrogens is 361 g/mol. The summed E-state index contributed by atoms with van der Waals surface area (Å²) in [5, 5.41) is 3.02. The van der Waals surface area contributed by atoms with Crippen molar-refractivity contribution in [3.05, 3.63) is 41.8 Å². The third-order valence-corrected chi connectivity index (χ3v) is 5.61. The first-order chi connectivity index (χ1) is 13.5. The van der Waals surface area contributed by atoms with Crippen molar-refractivity contribution >= 4 is 23.4 Å². The number of anilines is 3. The molecule has 3 atom stereocenters. The van der Waals surface area contributed by atoms with Gasteiger partial charge in [0.05, 0.1) is 6.20 Å². The van der Waals surface area contributed by atoms with E-state index in [0.717, 1.165) is 25.8 Å². The van der Waals surface area contributed by atoms with E-state index in [-0.39, 0.29) is 17.8 Å². The van der Waals surface area contributed by atoms with Gasteiger partial charge in [0, 0.05) is 42.8 Å². The molecule has 4 rings (SSSR count). The van der Waals surface area contributed by atoms with Gasteiger partial charge in [-0.2, -0.15) is 4.98 Å². The van der Waals surface area contributed by atoms with E-state index >= 15 is 0 Å². The van der Waals surface area contributed by atoms with E-state index in [1.165, 1.54) is 6.20 Å². The normalized spacial score (nSPS) is 23.9. The van der Waals surface area contributed by atoms with Crippen molar-refractivity contribution in [3.8, 4) is 0 Å². The van der Waals surface area contributed by atoms with Gasteiger partial charge < -0.3 is 16.0 Å². The van der Waals surface area contributed by atoms with Crippen molar-refractivity contribution in [2.75, 3.05) is 23.8 Å². The van der Waals surface area contributed by atoms with Crippen molar-refractivity contribution in [3.63, 3.8) is 0 Å². The highest BCUT2D eigenvalue weighted by Gasteiger charge is 2.39. The lowest BCUT2D eigenvalue weighted by molar-refractivity contribution is 0.100. The van der Waals surface area contributed by atoms with Gasteiger partial charge in [0.2, 0.25) is 11.9 Å². The second-order valence-electron chi connectivity index (χ2n) is 7.34. The Balaban J connectivity index is 1.57. The lowest BCUT2D eigenvalue weighted by Crippen LogP contribution is -2.47. The molecule has 1 amide bonds. The maximum Gasteiger partial charge on any atom is 0.248 e. The van der Waals surface area contributed by atoms with Gasteiger partial charge in [-0.25, -0.2) is 9.37 Å². The number of hydrazine groups is 1. The molecule has 2 heterocycles. The highest BCUT2D eigenvalue weighted by atomic mass is 19.1. The summed E-state index contributed by atoms with van der Waals surface area (Å²) in [6.45, 7) is 0.859. The number of carbonyl (C=O) groups excluding carboxylic acids is 1. The number of nitrogens with zero attached hydrogens (tertiary/aromatic N) is 3. The van der Waals surface area contributed by atoms with Crippen LogP contribution in [-0.2, 0) is 0 Å². The summed E-state index contributed by atoms with van der Waals surface area (Å²) in [5.74, 6) is -0.0486. The predicted molar refractivity (Wildman–Crippen MR) is 105 cm³/mol. The summed E-state index contributed by atoms with van der Waals surface area (Å²) < 4.78 is 14.5. The number of benzene rings is 1. The van der Waals surface area contributed by atoms with Gasteiger partial charge in [0.15, 0.2) is 11.6 Å².